The SMILES string of the molecule is Cc1cc(Cl)ccc1NC1NC(=O)/C(=C/c2ccc(-c3cc([N+](=O)[O-])ccc3Cl)o2)S1. The molecule has 0 bridgehead atoms. The van der Waals surface area contributed by atoms with E-state index in [4.69, 9.17) is 27.6 Å². The van der Waals surface area contributed by atoms with Crippen molar-refractivity contribution in [2.24, 2.45) is 0 Å². The van der Waals surface area contributed by atoms with Crippen molar-refractivity contribution in [3.63, 3.8) is 0 Å². The van der Waals surface area contributed by atoms with Crippen LogP contribution in [0, 0.1) is 17.0 Å². The lowest BCUT2D eigenvalue weighted by atomic mass is 10.1. The number of aryl methyl sites for hydroxylation is 1. The number of nitrogens with zero attached hydrogens (tertiary/aromatic N) is 1. The molecule has 4 rings (SSSR count). The summed E-state index contributed by atoms with van der Waals surface area (Å²) in [6.07, 6.45) is 1.62. The number of amides is 1. The molecule has 1 aliphatic rings. The molecule has 1 aromatic heterocycles. The van der Waals surface area contributed by atoms with E-state index in [9.17, 15) is 14.9 Å². The predicted octanol–water partition coefficient (Wildman–Crippen LogP) is 6.07. The van der Waals surface area contributed by atoms with E-state index >= 15 is 0 Å². The number of anilines is 1. The fourth-order valence-electron chi connectivity index (χ4n) is 3.02. The monoisotopic (exact) mass is 475 g/mol. The normalized spacial score (nSPS) is 17.1. The number of non-ortho nitro benzene ring substituents is 1. The maximum atomic E-state index is 12.4. The molecule has 2 heterocycles. The van der Waals surface area contributed by atoms with E-state index in [0.29, 0.717) is 32.0 Å². The molecule has 0 spiro atoms. The van der Waals surface area contributed by atoms with Crippen molar-refractivity contribution < 1.29 is 14.1 Å². The lowest BCUT2D eigenvalue weighted by Crippen LogP contribution is -2.31. The average molecular weight is 476 g/mol. The molecule has 1 fully saturated rings. The summed E-state index contributed by atoms with van der Waals surface area (Å²) in [5, 5.41) is 18.1. The molecule has 1 atom stereocenters. The van der Waals surface area contributed by atoms with Crippen LogP contribution in [-0.2, 0) is 4.79 Å². The maximum absolute atomic E-state index is 12.4. The number of benzene rings is 2. The van der Waals surface area contributed by atoms with Crippen molar-refractivity contribution in [1.29, 1.82) is 0 Å². The molecular formula is C21H15Cl2N3O4S. The average Bonchev–Trinajstić information content (AvgIpc) is 3.31. The summed E-state index contributed by atoms with van der Waals surface area (Å²) in [4.78, 5) is 23.4. The Balaban J connectivity index is 1.52. The molecule has 2 aromatic carbocycles. The molecule has 1 saturated heterocycles. The second kappa shape index (κ2) is 8.66. The fraction of sp³-hybridized carbons (Fsp3) is 0.0952. The number of nitrogens with one attached hydrogen (secondary N) is 2. The number of halogens is 2. The highest BCUT2D eigenvalue weighted by Gasteiger charge is 2.28. The van der Waals surface area contributed by atoms with E-state index in [1.807, 2.05) is 19.1 Å². The van der Waals surface area contributed by atoms with Crippen LogP contribution in [0.4, 0.5) is 11.4 Å². The number of carbonyl (C=O) groups excluding carboxylic acids is 1. The Bertz CT molecular complexity index is 1230. The zero-order chi connectivity index (χ0) is 22.1. The quantitative estimate of drug-likeness (QED) is 0.264. The number of thioether (sulfide) groups is 1. The molecule has 1 amide bonds. The van der Waals surface area contributed by atoms with Gasteiger partial charge in [-0.2, -0.15) is 0 Å². The third-order valence-electron chi connectivity index (χ3n) is 4.53. The second-order valence-corrected chi connectivity index (χ2v) is 8.70. The number of carbonyl (C=O) groups is 1. The van der Waals surface area contributed by atoms with Gasteiger partial charge >= 0.3 is 0 Å². The van der Waals surface area contributed by atoms with Gasteiger partial charge in [0.1, 0.15) is 11.5 Å². The molecule has 1 unspecified atom stereocenters. The van der Waals surface area contributed by atoms with Crippen molar-refractivity contribution >= 4 is 58.3 Å². The molecule has 0 aliphatic carbocycles. The van der Waals surface area contributed by atoms with Crippen LogP contribution < -0.4 is 10.6 Å². The number of nitro benzene ring substituents is 1. The Hall–Kier alpha value is -2.94. The van der Waals surface area contributed by atoms with Crippen LogP contribution in [-0.4, -0.2) is 16.3 Å². The van der Waals surface area contributed by atoms with Gasteiger partial charge in [0.25, 0.3) is 11.6 Å². The predicted molar refractivity (Wildman–Crippen MR) is 123 cm³/mol. The van der Waals surface area contributed by atoms with Gasteiger partial charge in [-0.3, -0.25) is 14.9 Å². The Morgan fingerprint density at radius 1 is 1.19 bits per heavy atom. The first-order chi connectivity index (χ1) is 14.8. The summed E-state index contributed by atoms with van der Waals surface area (Å²) < 4.78 is 5.77. The first kappa shape index (κ1) is 21.3. The van der Waals surface area contributed by atoms with Gasteiger partial charge in [0.05, 0.1) is 14.9 Å². The summed E-state index contributed by atoms with van der Waals surface area (Å²) in [7, 11) is 0. The van der Waals surface area contributed by atoms with Gasteiger partial charge in [0, 0.05) is 34.5 Å². The first-order valence-corrected chi connectivity index (χ1v) is 10.7. The van der Waals surface area contributed by atoms with Crippen LogP contribution in [0.1, 0.15) is 11.3 Å². The largest absolute Gasteiger partial charge is 0.457 e. The molecular weight excluding hydrogens is 461 g/mol. The van der Waals surface area contributed by atoms with E-state index in [-0.39, 0.29) is 17.1 Å². The minimum atomic E-state index is -0.499. The Morgan fingerprint density at radius 3 is 2.74 bits per heavy atom. The van der Waals surface area contributed by atoms with Crippen molar-refractivity contribution in [1.82, 2.24) is 5.32 Å². The summed E-state index contributed by atoms with van der Waals surface area (Å²) in [6.45, 7) is 1.93. The lowest BCUT2D eigenvalue weighted by Gasteiger charge is -2.14. The molecule has 7 nitrogen and oxygen atoms in total. The summed E-state index contributed by atoms with van der Waals surface area (Å²) in [6, 6.07) is 12.9. The lowest BCUT2D eigenvalue weighted by molar-refractivity contribution is -0.384. The Morgan fingerprint density at radius 2 is 2.00 bits per heavy atom. The zero-order valence-corrected chi connectivity index (χ0v) is 18.3. The topological polar surface area (TPSA) is 97.4 Å². The number of hydrogen-bond donors (Lipinski definition) is 2. The number of furan rings is 1. The smallest absolute Gasteiger partial charge is 0.270 e. The van der Waals surface area contributed by atoms with Crippen molar-refractivity contribution in [3.05, 3.63) is 84.9 Å². The van der Waals surface area contributed by atoms with Crippen LogP contribution in [0.15, 0.2) is 57.9 Å². The summed E-state index contributed by atoms with van der Waals surface area (Å²) in [5.41, 5.74) is 1.79. The Kier molecular flexibility index (Phi) is 5.95. The number of hydrogen-bond acceptors (Lipinski definition) is 6. The van der Waals surface area contributed by atoms with Crippen molar-refractivity contribution in [2.75, 3.05) is 5.32 Å². The summed E-state index contributed by atoms with van der Waals surface area (Å²) in [5.74, 6) is 0.564. The highest BCUT2D eigenvalue weighted by molar-refractivity contribution is 8.05. The third-order valence-corrected chi connectivity index (χ3v) is 6.13. The molecule has 158 valence electrons. The second-order valence-electron chi connectivity index (χ2n) is 6.71. The zero-order valence-electron chi connectivity index (χ0n) is 16.0. The molecule has 0 radical (unpaired) electrons. The van der Waals surface area contributed by atoms with Gasteiger partial charge in [-0.25, -0.2) is 0 Å². The number of rotatable bonds is 5. The molecule has 1 aliphatic heterocycles. The van der Waals surface area contributed by atoms with Gasteiger partial charge in [-0.05, 0) is 48.9 Å². The first-order valence-electron chi connectivity index (χ1n) is 9.06. The molecule has 2 N–H and O–H groups in total. The maximum Gasteiger partial charge on any atom is 0.270 e. The van der Waals surface area contributed by atoms with E-state index in [1.165, 1.54) is 30.0 Å². The van der Waals surface area contributed by atoms with Crippen molar-refractivity contribution in [2.45, 2.75) is 12.4 Å². The van der Waals surface area contributed by atoms with Gasteiger partial charge in [-0.1, -0.05) is 35.0 Å². The van der Waals surface area contributed by atoms with Crippen LogP contribution in [0.2, 0.25) is 10.0 Å². The molecule has 3 aromatic rings. The van der Waals surface area contributed by atoms with Crippen LogP contribution in [0.25, 0.3) is 17.4 Å². The van der Waals surface area contributed by atoms with Gasteiger partial charge in [0.15, 0.2) is 5.50 Å². The highest BCUT2D eigenvalue weighted by Crippen LogP contribution is 2.35. The number of nitro groups is 1. The minimum absolute atomic E-state index is 0.0900. The van der Waals surface area contributed by atoms with Crippen LogP contribution >= 0.6 is 35.0 Å². The van der Waals surface area contributed by atoms with E-state index in [1.54, 1.807) is 24.3 Å². The van der Waals surface area contributed by atoms with Gasteiger partial charge in [0.2, 0.25) is 0 Å². The van der Waals surface area contributed by atoms with Crippen molar-refractivity contribution in [3.8, 4) is 11.3 Å². The van der Waals surface area contributed by atoms with Crippen LogP contribution in [0.3, 0.4) is 0 Å². The Labute approximate surface area is 191 Å². The fourth-order valence-corrected chi connectivity index (χ4v) is 4.41. The molecule has 31 heavy (non-hydrogen) atoms. The third kappa shape index (κ3) is 4.71. The van der Waals surface area contributed by atoms with E-state index in [2.05, 4.69) is 10.6 Å². The van der Waals surface area contributed by atoms with E-state index < -0.39 is 4.92 Å². The van der Waals surface area contributed by atoms with Gasteiger partial charge < -0.3 is 15.1 Å². The highest BCUT2D eigenvalue weighted by atomic mass is 35.5. The summed E-state index contributed by atoms with van der Waals surface area (Å²) >= 11 is 13.5. The van der Waals surface area contributed by atoms with Gasteiger partial charge in [-0.15, -0.1) is 0 Å². The molecule has 10 heteroatoms. The minimum Gasteiger partial charge on any atom is -0.457 e. The molecule has 0 saturated carbocycles. The van der Waals surface area contributed by atoms with Crippen LogP contribution in [0.5, 0.6) is 0 Å². The van der Waals surface area contributed by atoms with E-state index in [0.717, 1.165) is 11.3 Å². The standard InChI is InChI=1S/C21H15Cl2N3O4S/c1-11-8-12(22)2-6-17(11)24-21-25-20(27)19(31-21)10-14-4-7-18(30-14)15-9-13(26(28)29)3-5-16(15)23/h2-10,21,24H,1H3,(H,25,27)/b19-10-.